The van der Waals surface area contributed by atoms with Crippen LogP contribution in [-0.2, 0) is 11.0 Å². The molecule has 1 aromatic carbocycles. The maximum absolute atomic E-state index is 12.8. The van der Waals surface area contributed by atoms with E-state index in [4.69, 9.17) is 0 Å². The molecule has 0 bridgehead atoms. The van der Waals surface area contributed by atoms with Gasteiger partial charge in [0, 0.05) is 11.5 Å². The molecule has 146 valence electrons. The van der Waals surface area contributed by atoms with E-state index in [9.17, 15) is 31.1 Å². The second kappa shape index (κ2) is 7.99. The van der Waals surface area contributed by atoms with Crippen molar-refractivity contribution in [2.24, 2.45) is 0 Å². The number of anilines is 1. The monoisotopic (exact) mass is 410 g/mol. The van der Waals surface area contributed by atoms with Crippen molar-refractivity contribution in [2.75, 3.05) is 11.9 Å². The van der Waals surface area contributed by atoms with Crippen molar-refractivity contribution in [1.29, 1.82) is 0 Å². The van der Waals surface area contributed by atoms with E-state index in [1.807, 2.05) is 0 Å². The third-order valence-corrected chi connectivity index (χ3v) is 3.79. The van der Waals surface area contributed by atoms with Crippen LogP contribution in [0.5, 0.6) is 5.75 Å². The van der Waals surface area contributed by atoms with Gasteiger partial charge >= 0.3 is 12.4 Å². The Bertz CT molecular complexity index is 842. The summed E-state index contributed by atoms with van der Waals surface area (Å²) in [7, 11) is 0. The van der Waals surface area contributed by atoms with Crippen LogP contribution in [0.4, 0.5) is 32.0 Å². The SMILES string of the molecule is Cc1nc(/C=C/C(=O)Nc2cc(C(F)(F)F)ccc2OCC(F)(F)F)cs1. The number of ether oxygens (including phenoxy) is 1. The van der Waals surface area contributed by atoms with Crippen LogP contribution in [0.1, 0.15) is 16.3 Å². The number of benzene rings is 1. The van der Waals surface area contributed by atoms with Gasteiger partial charge in [0.25, 0.3) is 0 Å². The van der Waals surface area contributed by atoms with E-state index in [0.29, 0.717) is 17.8 Å². The zero-order chi connectivity index (χ0) is 20.2. The lowest BCUT2D eigenvalue weighted by molar-refractivity contribution is -0.153. The maximum Gasteiger partial charge on any atom is 0.422 e. The summed E-state index contributed by atoms with van der Waals surface area (Å²) in [5, 5.41) is 4.49. The molecule has 1 heterocycles. The van der Waals surface area contributed by atoms with E-state index < -0.39 is 41.9 Å². The lowest BCUT2D eigenvalue weighted by Gasteiger charge is -2.15. The number of aromatic nitrogens is 1. The molecule has 0 atom stereocenters. The fourth-order valence-corrected chi connectivity index (χ4v) is 2.46. The molecule has 11 heteroatoms. The molecule has 1 N–H and O–H groups in total. The first-order valence-electron chi connectivity index (χ1n) is 7.26. The predicted octanol–water partition coefficient (Wildman–Crippen LogP) is 5.06. The summed E-state index contributed by atoms with van der Waals surface area (Å²) in [6, 6.07) is 1.79. The van der Waals surface area contributed by atoms with E-state index >= 15 is 0 Å². The van der Waals surface area contributed by atoms with Gasteiger partial charge in [-0.25, -0.2) is 4.98 Å². The van der Waals surface area contributed by atoms with Crippen molar-refractivity contribution >= 4 is 29.0 Å². The Labute approximate surface area is 153 Å². The summed E-state index contributed by atoms with van der Waals surface area (Å²) in [5.41, 5.74) is -1.21. The summed E-state index contributed by atoms with van der Waals surface area (Å²) in [4.78, 5) is 16.0. The summed E-state index contributed by atoms with van der Waals surface area (Å²) in [6.07, 6.45) is -7.10. The topological polar surface area (TPSA) is 51.2 Å². The molecule has 0 spiro atoms. The van der Waals surface area contributed by atoms with Gasteiger partial charge in [-0.05, 0) is 31.2 Å². The minimum Gasteiger partial charge on any atom is -0.482 e. The number of amides is 1. The highest BCUT2D eigenvalue weighted by Crippen LogP contribution is 2.35. The minimum atomic E-state index is -4.74. The Morgan fingerprint density at radius 1 is 1.26 bits per heavy atom. The van der Waals surface area contributed by atoms with Crippen molar-refractivity contribution in [3.05, 3.63) is 45.9 Å². The third kappa shape index (κ3) is 6.59. The van der Waals surface area contributed by atoms with Crippen LogP contribution in [-0.4, -0.2) is 23.7 Å². The maximum atomic E-state index is 12.8. The van der Waals surface area contributed by atoms with Crippen LogP contribution in [0, 0.1) is 6.92 Å². The second-order valence-electron chi connectivity index (χ2n) is 5.23. The largest absolute Gasteiger partial charge is 0.482 e. The number of halogens is 6. The molecule has 1 amide bonds. The molecule has 0 aliphatic heterocycles. The number of hydrogen-bond donors (Lipinski definition) is 1. The van der Waals surface area contributed by atoms with Crippen LogP contribution in [0.3, 0.4) is 0 Å². The van der Waals surface area contributed by atoms with Gasteiger partial charge in [0.1, 0.15) is 5.75 Å². The third-order valence-electron chi connectivity index (χ3n) is 3.00. The Morgan fingerprint density at radius 3 is 2.52 bits per heavy atom. The van der Waals surface area contributed by atoms with Crippen LogP contribution in [0.25, 0.3) is 6.08 Å². The Balaban J connectivity index is 2.22. The average Bonchev–Trinajstić information content (AvgIpc) is 2.95. The number of carbonyl (C=O) groups is 1. The molecule has 0 unspecified atom stereocenters. The molecule has 0 aliphatic rings. The standard InChI is InChI=1S/C16H12F6N2O2S/c1-9-23-11(7-27-9)3-5-14(25)24-12-6-10(16(20,21)22)2-4-13(12)26-8-15(17,18)19/h2-7H,8H2,1H3,(H,24,25)/b5-3+. The highest BCUT2D eigenvalue weighted by molar-refractivity contribution is 7.09. The Hall–Kier alpha value is -2.56. The lowest BCUT2D eigenvalue weighted by atomic mass is 10.1. The molecule has 1 aromatic heterocycles. The van der Waals surface area contributed by atoms with Gasteiger partial charge in [-0.1, -0.05) is 0 Å². The van der Waals surface area contributed by atoms with E-state index in [1.54, 1.807) is 12.3 Å². The molecular formula is C16H12F6N2O2S. The van der Waals surface area contributed by atoms with E-state index in [1.165, 1.54) is 17.4 Å². The van der Waals surface area contributed by atoms with Gasteiger partial charge in [0.15, 0.2) is 6.61 Å². The first kappa shape index (κ1) is 20.7. The minimum absolute atomic E-state index is 0.463. The molecule has 0 saturated carbocycles. The predicted molar refractivity (Wildman–Crippen MR) is 87.5 cm³/mol. The molecule has 0 fully saturated rings. The van der Waals surface area contributed by atoms with Crippen molar-refractivity contribution in [1.82, 2.24) is 4.98 Å². The first-order chi connectivity index (χ1) is 12.4. The fourth-order valence-electron chi connectivity index (χ4n) is 1.88. The average molecular weight is 410 g/mol. The number of thiazole rings is 1. The fraction of sp³-hybridized carbons (Fsp3) is 0.250. The Morgan fingerprint density at radius 2 is 1.96 bits per heavy atom. The summed E-state index contributed by atoms with van der Waals surface area (Å²) < 4.78 is 79.9. The van der Waals surface area contributed by atoms with Gasteiger partial charge < -0.3 is 10.1 Å². The van der Waals surface area contributed by atoms with Gasteiger partial charge in [-0.15, -0.1) is 11.3 Å². The van der Waals surface area contributed by atoms with Gasteiger partial charge in [-0.3, -0.25) is 4.79 Å². The smallest absolute Gasteiger partial charge is 0.422 e. The molecule has 2 aromatic rings. The number of nitrogens with zero attached hydrogens (tertiary/aromatic N) is 1. The zero-order valence-electron chi connectivity index (χ0n) is 13.6. The highest BCUT2D eigenvalue weighted by atomic mass is 32.1. The van der Waals surface area contributed by atoms with Gasteiger partial charge in [-0.2, -0.15) is 26.3 Å². The second-order valence-corrected chi connectivity index (χ2v) is 6.29. The zero-order valence-corrected chi connectivity index (χ0v) is 14.4. The summed E-state index contributed by atoms with van der Waals surface area (Å²) in [5.74, 6) is -1.39. The molecule has 4 nitrogen and oxygen atoms in total. The van der Waals surface area contributed by atoms with Crippen LogP contribution in [0.15, 0.2) is 29.7 Å². The molecule has 0 aliphatic carbocycles. The van der Waals surface area contributed by atoms with Gasteiger partial charge in [0.2, 0.25) is 5.91 Å². The van der Waals surface area contributed by atoms with E-state index in [2.05, 4.69) is 15.0 Å². The lowest BCUT2D eigenvalue weighted by Crippen LogP contribution is -2.20. The van der Waals surface area contributed by atoms with Crippen LogP contribution < -0.4 is 10.1 Å². The number of carbonyl (C=O) groups excluding carboxylic acids is 1. The van der Waals surface area contributed by atoms with Crippen molar-refractivity contribution < 1.29 is 35.9 Å². The quantitative estimate of drug-likeness (QED) is 0.554. The normalized spacial score (nSPS) is 12.4. The first-order valence-corrected chi connectivity index (χ1v) is 8.14. The summed E-state index contributed by atoms with van der Waals surface area (Å²) in [6.45, 7) is 0.0319. The number of hydrogen-bond acceptors (Lipinski definition) is 4. The highest BCUT2D eigenvalue weighted by Gasteiger charge is 2.32. The number of rotatable bonds is 5. The molecular weight excluding hydrogens is 398 g/mol. The van der Waals surface area contributed by atoms with Crippen molar-refractivity contribution in [3.63, 3.8) is 0 Å². The van der Waals surface area contributed by atoms with E-state index in [0.717, 1.165) is 17.2 Å². The molecule has 2 rings (SSSR count). The van der Waals surface area contributed by atoms with Crippen molar-refractivity contribution in [3.8, 4) is 5.75 Å². The number of nitrogens with one attached hydrogen (secondary N) is 1. The molecule has 0 radical (unpaired) electrons. The Kier molecular flexibility index (Phi) is 6.14. The summed E-state index contributed by atoms with van der Waals surface area (Å²) >= 11 is 1.33. The van der Waals surface area contributed by atoms with Crippen LogP contribution >= 0.6 is 11.3 Å². The van der Waals surface area contributed by atoms with Gasteiger partial charge in [0.05, 0.1) is 22.0 Å². The number of alkyl halides is 6. The molecule has 27 heavy (non-hydrogen) atoms. The molecule has 0 saturated heterocycles. The van der Waals surface area contributed by atoms with Crippen molar-refractivity contribution in [2.45, 2.75) is 19.3 Å². The van der Waals surface area contributed by atoms with Crippen LogP contribution in [0.2, 0.25) is 0 Å². The number of aryl methyl sites for hydroxylation is 1. The van der Waals surface area contributed by atoms with E-state index in [-0.39, 0.29) is 0 Å².